The van der Waals surface area contributed by atoms with Gasteiger partial charge in [-0.1, -0.05) is 6.58 Å². The number of alkyl halides is 2. The predicted octanol–water partition coefficient (Wildman–Crippen LogP) is 3.12. The Bertz CT molecular complexity index is 820. The monoisotopic (exact) mass is 422 g/mol. The molecule has 0 aromatic carbocycles. The van der Waals surface area contributed by atoms with E-state index in [9.17, 15) is 19.1 Å². The number of nitrogens with one attached hydrogen (secondary N) is 2. The first kappa shape index (κ1) is 23.5. The summed E-state index contributed by atoms with van der Waals surface area (Å²) in [6.07, 6.45) is 4.26. The Balaban J connectivity index is 1.99. The maximum Gasteiger partial charge on any atom is 0.278 e. The molecule has 0 unspecified atom stereocenters. The van der Waals surface area contributed by atoms with Crippen LogP contribution in [0.1, 0.15) is 45.1 Å². The molecule has 0 radical (unpaired) electrons. The van der Waals surface area contributed by atoms with E-state index >= 15 is 0 Å². The van der Waals surface area contributed by atoms with Gasteiger partial charge in [-0.2, -0.15) is 10.2 Å². The van der Waals surface area contributed by atoms with E-state index in [4.69, 9.17) is 4.74 Å². The van der Waals surface area contributed by atoms with E-state index in [1.54, 1.807) is 0 Å². The van der Waals surface area contributed by atoms with E-state index in [0.29, 0.717) is 29.8 Å². The average Bonchev–Trinajstić information content (AvgIpc) is 2.67. The van der Waals surface area contributed by atoms with Crippen LogP contribution in [0, 0.1) is 11.3 Å². The highest BCUT2D eigenvalue weighted by Gasteiger charge is 2.29. The minimum absolute atomic E-state index is 0.0188. The maximum atomic E-state index is 13.0. The van der Waals surface area contributed by atoms with Crippen molar-refractivity contribution in [2.75, 3.05) is 30.8 Å². The summed E-state index contributed by atoms with van der Waals surface area (Å²) in [6, 6.07) is 2.15. The van der Waals surface area contributed by atoms with Crippen molar-refractivity contribution in [3.63, 3.8) is 0 Å². The van der Waals surface area contributed by atoms with Gasteiger partial charge in [0.1, 0.15) is 17.5 Å². The number of nitrogens with zero attached hydrogens (tertiary/aromatic N) is 4. The van der Waals surface area contributed by atoms with Crippen molar-refractivity contribution >= 4 is 17.7 Å². The standard InChI is InChI=1S/C20H28F2N6O2/c1-13(17(24-4)30-12-20(3,21)22)10-25-18-26-11-14(9-23)16(28-18)27-15-5-7-19(2,29)8-6-15/h11,15,29H,1,5-8,10,12H2,2-4H3,(H2,25,26,27,28). The second kappa shape index (κ2) is 9.80. The molecular formula is C20H28F2N6O2. The zero-order valence-corrected chi connectivity index (χ0v) is 17.5. The van der Waals surface area contributed by atoms with Crippen LogP contribution in [0.25, 0.3) is 0 Å². The van der Waals surface area contributed by atoms with E-state index < -0.39 is 18.1 Å². The van der Waals surface area contributed by atoms with E-state index in [2.05, 4.69) is 38.2 Å². The van der Waals surface area contributed by atoms with Crippen molar-refractivity contribution in [3.8, 4) is 6.07 Å². The molecule has 1 aromatic heterocycles. The molecule has 0 aliphatic heterocycles. The normalized spacial score (nSPS) is 22.2. The molecule has 0 bridgehead atoms. The van der Waals surface area contributed by atoms with Gasteiger partial charge in [0.2, 0.25) is 11.8 Å². The van der Waals surface area contributed by atoms with E-state index in [1.165, 1.54) is 13.2 Å². The number of halogens is 2. The Labute approximate surface area is 175 Å². The molecule has 1 fully saturated rings. The highest BCUT2D eigenvalue weighted by Crippen LogP contribution is 2.29. The van der Waals surface area contributed by atoms with E-state index in [1.807, 2.05) is 6.92 Å². The van der Waals surface area contributed by atoms with Gasteiger partial charge in [0.05, 0.1) is 11.8 Å². The Hall–Kier alpha value is -2.80. The number of rotatable bonds is 8. The van der Waals surface area contributed by atoms with Gasteiger partial charge in [0, 0.05) is 32.1 Å². The van der Waals surface area contributed by atoms with Crippen LogP contribution in [-0.4, -0.2) is 58.7 Å². The fourth-order valence-electron chi connectivity index (χ4n) is 3.02. The number of hydrogen-bond acceptors (Lipinski definition) is 8. The molecule has 10 heteroatoms. The van der Waals surface area contributed by atoms with Crippen LogP contribution < -0.4 is 10.6 Å². The minimum atomic E-state index is -2.98. The van der Waals surface area contributed by atoms with Crippen LogP contribution in [0.15, 0.2) is 23.3 Å². The lowest BCUT2D eigenvalue weighted by Gasteiger charge is -2.33. The number of anilines is 2. The Morgan fingerprint density at radius 1 is 1.50 bits per heavy atom. The van der Waals surface area contributed by atoms with Crippen molar-refractivity contribution in [1.29, 1.82) is 5.26 Å². The van der Waals surface area contributed by atoms with Crippen molar-refractivity contribution in [2.45, 2.75) is 57.1 Å². The third kappa shape index (κ3) is 7.22. The lowest BCUT2D eigenvalue weighted by atomic mass is 9.83. The molecule has 3 N–H and O–H groups in total. The zero-order valence-electron chi connectivity index (χ0n) is 17.5. The number of nitriles is 1. The van der Waals surface area contributed by atoms with Crippen molar-refractivity contribution in [2.24, 2.45) is 4.99 Å². The first-order valence-electron chi connectivity index (χ1n) is 9.68. The molecular weight excluding hydrogens is 394 g/mol. The minimum Gasteiger partial charge on any atom is -0.471 e. The van der Waals surface area contributed by atoms with Crippen LogP contribution in [-0.2, 0) is 4.74 Å². The first-order valence-corrected chi connectivity index (χ1v) is 9.68. The van der Waals surface area contributed by atoms with Gasteiger partial charge in [0.25, 0.3) is 5.92 Å². The molecule has 0 saturated heterocycles. The van der Waals surface area contributed by atoms with E-state index in [-0.39, 0.29) is 24.4 Å². The third-order valence-electron chi connectivity index (χ3n) is 4.74. The number of aromatic nitrogens is 2. The molecule has 164 valence electrons. The highest BCUT2D eigenvalue weighted by atomic mass is 19.3. The summed E-state index contributed by atoms with van der Waals surface area (Å²) in [5.74, 6) is -2.31. The molecule has 8 nitrogen and oxygen atoms in total. The molecule has 0 spiro atoms. The molecule has 1 aromatic rings. The number of aliphatic imine (C=N–C) groups is 1. The van der Waals surface area contributed by atoms with Crippen LogP contribution >= 0.6 is 0 Å². The quantitative estimate of drug-likeness (QED) is 0.435. The smallest absolute Gasteiger partial charge is 0.278 e. The fraction of sp³-hybridized carbons (Fsp3) is 0.600. The Morgan fingerprint density at radius 2 is 2.17 bits per heavy atom. The third-order valence-corrected chi connectivity index (χ3v) is 4.74. The molecule has 1 heterocycles. The second-order valence-electron chi connectivity index (χ2n) is 7.83. The number of aliphatic hydroxyl groups is 1. The van der Waals surface area contributed by atoms with Crippen LogP contribution in [0.5, 0.6) is 0 Å². The zero-order chi connectivity index (χ0) is 22.4. The molecule has 1 aliphatic carbocycles. The van der Waals surface area contributed by atoms with Gasteiger partial charge in [-0.15, -0.1) is 0 Å². The SMILES string of the molecule is C=C(CNc1ncc(C#N)c(NC2CCC(C)(O)CC2)n1)C(=NC)OCC(C)(F)F. The topological polar surface area (TPSA) is 115 Å². The summed E-state index contributed by atoms with van der Waals surface area (Å²) in [6.45, 7) is 5.70. The van der Waals surface area contributed by atoms with Gasteiger partial charge in [-0.25, -0.2) is 13.8 Å². The van der Waals surface area contributed by atoms with Gasteiger partial charge in [0.15, 0.2) is 6.61 Å². The summed E-state index contributed by atoms with van der Waals surface area (Å²) >= 11 is 0. The summed E-state index contributed by atoms with van der Waals surface area (Å²) in [7, 11) is 1.43. The number of hydrogen-bond donors (Lipinski definition) is 3. The summed E-state index contributed by atoms with van der Waals surface area (Å²) in [5.41, 5.74) is 0.0110. The second-order valence-corrected chi connectivity index (χ2v) is 7.83. The number of ether oxygens (including phenoxy) is 1. The summed E-state index contributed by atoms with van der Waals surface area (Å²) in [5, 5.41) is 25.6. The van der Waals surface area contributed by atoms with E-state index in [0.717, 1.165) is 19.8 Å². The van der Waals surface area contributed by atoms with Crippen molar-refractivity contribution in [1.82, 2.24) is 9.97 Å². The van der Waals surface area contributed by atoms with Crippen molar-refractivity contribution < 1.29 is 18.6 Å². The first-order chi connectivity index (χ1) is 14.0. The predicted molar refractivity (Wildman–Crippen MR) is 111 cm³/mol. The van der Waals surface area contributed by atoms with Crippen LogP contribution in [0.3, 0.4) is 0 Å². The highest BCUT2D eigenvalue weighted by molar-refractivity contribution is 5.93. The van der Waals surface area contributed by atoms with Gasteiger partial charge >= 0.3 is 0 Å². The van der Waals surface area contributed by atoms with Gasteiger partial charge in [-0.3, -0.25) is 4.99 Å². The van der Waals surface area contributed by atoms with Gasteiger partial charge in [-0.05, 0) is 32.6 Å². The fourth-order valence-corrected chi connectivity index (χ4v) is 3.02. The van der Waals surface area contributed by atoms with Crippen LogP contribution in [0.2, 0.25) is 0 Å². The average molecular weight is 422 g/mol. The summed E-state index contributed by atoms with van der Waals surface area (Å²) in [4.78, 5) is 12.3. The lowest BCUT2D eigenvalue weighted by Crippen LogP contribution is -2.36. The van der Waals surface area contributed by atoms with Gasteiger partial charge < -0.3 is 20.5 Å². The molecule has 2 rings (SSSR count). The molecule has 0 atom stereocenters. The maximum absolute atomic E-state index is 13.0. The molecule has 30 heavy (non-hydrogen) atoms. The Kier molecular flexibility index (Phi) is 7.67. The van der Waals surface area contributed by atoms with Crippen molar-refractivity contribution in [3.05, 3.63) is 23.9 Å². The van der Waals surface area contributed by atoms with Crippen LogP contribution in [0.4, 0.5) is 20.5 Å². The lowest BCUT2D eigenvalue weighted by molar-refractivity contribution is -0.0269. The molecule has 1 saturated carbocycles. The molecule has 0 amide bonds. The summed E-state index contributed by atoms with van der Waals surface area (Å²) < 4.78 is 31.0. The Morgan fingerprint density at radius 3 is 2.73 bits per heavy atom. The molecule has 1 aliphatic rings. The largest absolute Gasteiger partial charge is 0.471 e.